The van der Waals surface area contributed by atoms with Gasteiger partial charge in [0.2, 0.25) is 5.75 Å². The van der Waals surface area contributed by atoms with Gasteiger partial charge in [-0.3, -0.25) is 9.69 Å². The van der Waals surface area contributed by atoms with E-state index in [0.717, 1.165) is 32.5 Å². The normalized spacial score (nSPS) is 14.8. The molecule has 1 N–H and O–H groups in total. The zero-order valence-electron chi connectivity index (χ0n) is 18.9. The molecule has 0 aliphatic carbocycles. The minimum Gasteiger partial charge on any atom is -0.490 e. The van der Waals surface area contributed by atoms with Crippen molar-refractivity contribution in [2.24, 2.45) is 0 Å². The second kappa shape index (κ2) is 11.6. The highest BCUT2D eigenvalue weighted by atomic mass is 16.5. The predicted molar refractivity (Wildman–Crippen MR) is 122 cm³/mol. The lowest BCUT2D eigenvalue weighted by Gasteiger charge is -2.32. The highest BCUT2D eigenvalue weighted by Crippen LogP contribution is 2.39. The standard InChI is InChI=1S/C25H34N2O4/c1-4-29-22-16-20(17-23(30-5-2)24(22)31-6-3)25(28)26-21-12-14-27(15-13-21)18-19-10-8-7-9-11-19/h7-11,16-17,21H,4-6,12-15,18H2,1-3H3,(H,26,28). The Hall–Kier alpha value is -2.73. The molecule has 0 bridgehead atoms. The number of amides is 1. The monoisotopic (exact) mass is 426 g/mol. The highest BCUT2D eigenvalue weighted by Gasteiger charge is 2.23. The molecule has 0 saturated carbocycles. The summed E-state index contributed by atoms with van der Waals surface area (Å²) in [5, 5.41) is 3.19. The number of piperidine rings is 1. The van der Waals surface area contributed by atoms with Crippen LogP contribution < -0.4 is 19.5 Å². The van der Waals surface area contributed by atoms with Crippen molar-refractivity contribution in [2.75, 3.05) is 32.9 Å². The average molecular weight is 427 g/mol. The summed E-state index contributed by atoms with van der Waals surface area (Å²) in [7, 11) is 0. The van der Waals surface area contributed by atoms with Gasteiger partial charge in [0, 0.05) is 31.2 Å². The summed E-state index contributed by atoms with van der Waals surface area (Å²) in [4.78, 5) is 15.4. The summed E-state index contributed by atoms with van der Waals surface area (Å²) >= 11 is 0. The Labute approximate surface area is 185 Å². The van der Waals surface area contributed by atoms with Crippen LogP contribution in [0.15, 0.2) is 42.5 Å². The van der Waals surface area contributed by atoms with Crippen molar-refractivity contribution in [2.45, 2.75) is 46.2 Å². The lowest BCUT2D eigenvalue weighted by molar-refractivity contribution is 0.0907. The minimum atomic E-state index is -0.105. The maximum absolute atomic E-state index is 13.0. The first kappa shape index (κ1) is 22.9. The minimum absolute atomic E-state index is 0.105. The number of rotatable bonds is 10. The molecule has 2 aromatic rings. The van der Waals surface area contributed by atoms with E-state index in [4.69, 9.17) is 14.2 Å². The van der Waals surface area contributed by atoms with E-state index in [1.165, 1.54) is 5.56 Å². The van der Waals surface area contributed by atoms with Gasteiger partial charge in [0.15, 0.2) is 11.5 Å². The molecule has 6 nitrogen and oxygen atoms in total. The fourth-order valence-corrected chi connectivity index (χ4v) is 3.87. The SMILES string of the molecule is CCOc1cc(C(=O)NC2CCN(Cc3ccccc3)CC2)cc(OCC)c1OCC. The molecule has 3 rings (SSSR count). The molecule has 1 fully saturated rings. The third-order valence-corrected chi connectivity index (χ3v) is 5.34. The Bertz CT molecular complexity index is 806. The number of benzene rings is 2. The van der Waals surface area contributed by atoms with E-state index in [-0.39, 0.29) is 11.9 Å². The summed E-state index contributed by atoms with van der Waals surface area (Å²) in [6.45, 7) is 10.1. The number of hydrogen-bond donors (Lipinski definition) is 1. The molecule has 0 radical (unpaired) electrons. The van der Waals surface area contributed by atoms with Crippen LogP contribution in [0.1, 0.15) is 49.5 Å². The Morgan fingerprint density at radius 1 is 0.935 bits per heavy atom. The van der Waals surface area contributed by atoms with Crippen molar-refractivity contribution < 1.29 is 19.0 Å². The van der Waals surface area contributed by atoms with E-state index < -0.39 is 0 Å². The molecule has 0 atom stereocenters. The molecule has 1 amide bonds. The number of ether oxygens (including phenoxy) is 3. The molecular formula is C25H34N2O4. The molecule has 1 aliphatic rings. The highest BCUT2D eigenvalue weighted by molar-refractivity contribution is 5.95. The molecule has 1 heterocycles. The van der Waals surface area contributed by atoms with Crippen LogP contribution in [0.3, 0.4) is 0 Å². The Balaban J connectivity index is 1.63. The third kappa shape index (κ3) is 6.37. The van der Waals surface area contributed by atoms with Crippen molar-refractivity contribution in [3.05, 3.63) is 53.6 Å². The Kier molecular flexibility index (Phi) is 8.59. The van der Waals surface area contributed by atoms with Crippen molar-refractivity contribution in [3.8, 4) is 17.2 Å². The molecule has 168 valence electrons. The van der Waals surface area contributed by atoms with E-state index in [0.29, 0.717) is 42.6 Å². The van der Waals surface area contributed by atoms with Gasteiger partial charge in [-0.25, -0.2) is 0 Å². The summed E-state index contributed by atoms with van der Waals surface area (Å²) in [5.41, 5.74) is 1.85. The first-order valence-corrected chi connectivity index (χ1v) is 11.3. The second-order valence-electron chi connectivity index (χ2n) is 7.61. The second-order valence-corrected chi connectivity index (χ2v) is 7.61. The molecular weight excluding hydrogens is 392 g/mol. The van der Waals surface area contributed by atoms with E-state index in [2.05, 4.69) is 34.5 Å². The lowest BCUT2D eigenvalue weighted by atomic mass is 10.0. The Morgan fingerprint density at radius 3 is 2.06 bits per heavy atom. The lowest BCUT2D eigenvalue weighted by Crippen LogP contribution is -2.44. The van der Waals surface area contributed by atoms with E-state index in [9.17, 15) is 4.79 Å². The topological polar surface area (TPSA) is 60.0 Å². The van der Waals surface area contributed by atoms with E-state index >= 15 is 0 Å². The Morgan fingerprint density at radius 2 is 1.52 bits per heavy atom. The molecule has 31 heavy (non-hydrogen) atoms. The van der Waals surface area contributed by atoms with Crippen molar-refractivity contribution in [3.63, 3.8) is 0 Å². The average Bonchev–Trinajstić information content (AvgIpc) is 2.78. The predicted octanol–water partition coefficient (Wildman–Crippen LogP) is 4.28. The van der Waals surface area contributed by atoms with Crippen LogP contribution in [0.5, 0.6) is 17.2 Å². The van der Waals surface area contributed by atoms with Gasteiger partial charge in [0.05, 0.1) is 19.8 Å². The summed E-state index contributed by atoms with van der Waals surface area (Å²) in [6, 6.07) is 14.2. The fourth-order valence-electron chi connectivity index (χ4n) is 3.87. The largest absolute Gasteiger partial charge is 0.490 e. The van der Waals surface area contributed by atoms with Crippen molar-refractivity contribution in [1.29, 1.82) is 0 Å². The van der Waals surface area contributed by atoms with Gasteiger partial charge in [-0.15, -0.1) is 0 Å². The van der Waals surface area contributed by atoms with Crippen LogP contribution in [0.4, 0.5) is 0 Å². The van der Waals surface area contributed by atoms with Crippen molar-refractivity contribution >= 4 is 5.91 Å². The summed E-state index contributed by atoms with van der Waals surface area (Å²) in [6.07, 6.45) is 1.87. The van der Waals surface area contributed by atoms with Crippen molar-refractivity contribution in [1.82, 2.24) is 10.2 Å². The number of carbonyl (C=O) groups is 1. The molecule has 1 aliphatic heterocycles. The third-order valence-electron chi connectivity index (χ3n) is 5.34. The first-order chi connectivity index (χ1) is 15.1. The van der Waals surface area contributed by atoms with E-state index in [1.54, 1.807) is 12.1 Å². The number of nitrogens with zero attached hydrogens (tertiary/aromatic N) is 1. The van der Waals surface area contributed by atoms with Gasteiger partial charge in [0.1, 0.15) is 0 Å². The van der Waals surface area contributed by atoms with Crippen LogP contribution in [-0.2, 0) is 6.54 Å². The van der Waals surface area contributed by atoms with Crippen LogP contribution in [0.2, 0.25) is 0 Å². The van der Waals surface area contributed by atoms with E-state index in [1.807, 2.05) is 26.8 Å². The van der Waals surface area contributed by atoms with Gasteiger partial charge >= 0.3 is 0 Å². The number of carbonyl (C=O) groups excluding carboxylic acids is 1. The molecule has 0 unspecified atom stereocenters. The van der Waals surface area contributed by atoms with Crippen LogP contribution in [0, 0.1) is 0 Å². The number of likely N-dealkylation sites (tertiary alicyclic amines) is 1. The maximum atomic E-state index is 13.0. The maximum Gasteiger partial charge on any atom is 0.251 e. The van der Waals surface area contributed by atoms with Crippen LogP contribution in [-0.4, -0.2) is 49.8 Å². The van der Waals surface area contributed by atoms with Gasteiger partial charge in [0.25, 0.3) is 5.91 Å². The van der Waals surface area contributed by atoms with Gasteiger partial charge < -0.3 is 19.5 Å². The zero-order chi connectivity index (χ0) is 22.1. The van der Waals surface area contributed by atoms with Gasteiger partial charge in [-0.2, -0.15) is 0 Å². The smallest absolute Gasteiger partial charge is 0.251 e. The molecule has 0 aromatic heterocycles. The van der Waals surface area contributed by atoms with Crippen LogP contribution >= 0.6 is 0 Å². The summed E-state index contributed by atoms with van der Waals surface area (Å²) < 4.78 is 17.2. The first-order valence-electron chi connectivity index (χ1n) is 11.3. The summed E-state index contributed by atoms with van der Waals surface area (Å²) in [5.74, 6) is 1.53. The quantitative estimate of drug-likeness (QED) is 0.615. The van der Waals surface area contributed by atoms with Crippen LogP contribution in [0.25, 0.3) is 0 Å². The van der Waals surface area contributed by atoms with Gasteiger partial charge in [-0.05, 0) is 51.3 Å². The molecule has 1 saturated heterocycles. The molecule has 0 spiro atoms. The number of nitrogens with one attached hydrogen (secondary N) is 1. The zero-order valence-corrected chi connectivity index (χ0v) is 18.9. The van der Waals surface area contributed by atoms with Gasteiger partial charge in [-0.1, -0.05) is 30.3 Å². The molecule has 2 aromatic carbocycles. The fraction of sp³-hybridized carbons (Fsp3) is 0.480. The molecule has 6 heteroatoms. The number of hydrogen-bond acceptors (Lipinski definition) is 5.